The van der Waals surface area contributed by atoms with Gasteiger partial charge in [0.1, 0.15) is 0 Å². The minimum absolute atomic E-state index is 0.436. The van der Waals surface area contributed by atoms with Crippen LogP contribution in [0.4, 0.5) is 0 Å². The normalized spacial score (nSPS) is 14.9. The molecule has 4 heteroatoms. The second kappa shape index (κ2) is 17.9. The first-order valence-corrected chi connectivity index (χ1v) is 20.1. The molecule has 0 spiro atoms. The molecule has 2 N–H and O–H groups in total. The van der Waals surface area contributed by atoms with E-state index in [0.717, 1.165) is 38.3 Å². The second-order valence-electron chi connectivity index (χ2n) is 13.1. The molecule has 0 heterocycles. The highest BCUT2D eigenvalue weighted by Gasteiger charge is 2.24. The van der Waals surface area contributed by atoms with E-state index < -0.39 is 15.8 Å². The molecule has 0 unspecified atom stereocenters. The summed E-state index contributed by atoms with van der Waals surface area (Å²) in [5, 5.41) is 14.0. The Kier molecular flexibility index (Phi) is 13.4. The lowest BCUT2D eigenvalue weighted by molar-refractivity contribution is 0.438. The number of rotatable bonds is 16. The third-order valence-corrected chi connectivity index (χ3v) is 14.4. The van der Waals surface area contributed by atoms with Gasteiger partial charge in [0.25, 0.3) is 0 Å². The van der Waals surface area contributed by atoms with E-state index in [-0.39, 0.29) is 0 Å². The largest absolute Gasteiger partial charge is 0.310 e. The van der Waals surface area contributed by atoms with Crippen LogP contribution >= 0.6 is 15.8 Å². The Hall–Kier alpha value is -2.86. The van der Waals surface area contributed by atoms with Gasteiger partial charge in [-0.3, -0.25) is 0 Å². The minimum atomic E-state index is -0.440. The van der Waals surface area contributed by atoms with Gasteiger partial charge in [-0.1, -0.05) is 167 Å². The highest BCUT2D eigenvalue weighted by Crippen LogP contribution is 2.37. The monoisotopic (exact) mass is 646 g/mol. The lowest BCUT2D eigenvalue weighted by Crippen LogP contribution is -2.41. The van der Waals surface area contributed by atoms with Crippen molar-refractivity contribution in [1.29, 1.82) is 0 Å². The molecule has 0 saturated carbocycles. The average Bonchev–Trinajstić information content (AvgIpc) is 3.10. The predicted octanol–water partition coefficient (Wildman–Crippen LogP) is 8.13. The summed E-state index contributed by atoms with van der Waals surface area (Å²) < 4.78 is 0. The highest BCUT2D eigenvalue weighted by atomic mass is 31.1. The Morgan fingerprint density at radius 2 is 0.891 bits per heavy atom. The Labute approximate surface area is 281 Å². The van der Waals surface area contributed by atoms with E-state index in [1.807, 2.05) is 0 Å². The van der Waals surface area contributed by atoms with Gasteiger partial charge in [0.2, 0.25) is 0 Å². The van der Waals surface area contributed by atoms with Gasteiger partial charge in [0, 0.05) is 25.2 Å². The van der Waals surface area contributed by atoms with Crippen molar-refractivity contribution in [3.63, 3.8) is 0 Å². The molecule has 1 aliphatic carbocycles. The smallest absolute Gasteiger partial charge is 0.0208 e. The Morgan fingerprint density at radius 3 is 1.26 bits per heavy atom. The molecule has 0 fully saturated rings. The molecule has 0 radical (unpaired) electrons. The molecule has 0 aliphatic heterocycles. The van der Waals surface area contributed by atoms with Crippen LogP contribution in [0, 0.1) is 11.8 Å². The van der Waals surface area contributed by atoms with Crippen molar-refractivity contribution >= 4 is 37.1 Å². The first kappa shape index (κ1) is 34.5. The van der Waals surface area contributed by atoms with E-state index in [0.29, 0.717) is 23.9 Å². The quantitative estimate of drug-likeness (QED) is 0.120. The molecule has 0 amide bonds. The van der Waals surface area contributed by atoms with Gasteiger partial charge < -0.3 is 10.6 Å². The van der Waals surface area contributed by atoms with E-state index in [2.05, 4.69) is 172 Å². The summed E-state index contributed by atoms with van der Waals surface area (Å²) in [7, 11) is -0.876. The van der Waals surface area contributed by atoms with E-state index in [1.54, 1.807) is 5.57 Å². The summed E-state index contributed by atoms with van der Waals surface area (Å²) >= 11 is 0. The predicted molar refractivity (Wildman–Crippen MR) is 207 cm³/mol. The van der Waals surface area contributed by atoms with E-state index in [1.165, 1.54) is 26.8 Å². The summed E-state index contributed by atoms with van der Waals surface area (Å²) in [4.78, 5) is 0. The zero-order valence-corrected chi connectivity index (χ0v) is 29.9. The maximum atomic E-state index is 4.07. The maximum Gasteiger partial charge on any atom is 0.0208 e. The van der Waals surface area contributed by atoms with Crippen molar-refractivity contribution in [1.82, 2.24) is 10.6 Å². The third-order valence-electron chi connectivity index (χ3n) is 9.16. The van der Waals surface area contributed by atoms with Crippen molar-refractivity contribution < 1.29 is 0 Å². The van der Waals surface area contributed by atoms with Crippen LogP contribution in [-0.2, 0) is 0 Å². The SMILES string of the molecule is CC(C)[C@@H](CP(c1ccccc1)c1ccccc1)NCC1=C(CN[C@H](CP(c2ccccc2)c2ccccc2)C(C)C)CCC=C1. The topological polar surface area (TPSA) is 24.1 Å². The Balaban J connectivity index is 1.29. The zero-order chi connectivity index (χ0) is 32.1. The van der Waals surface area contributed by atoms with Crippen LogP contribution in [0.1, 0.15) is 40.5 Å². The van der Waals surface area contributed by atoms with Crippen LogP contribution < -0.4 is 31.9 Å². The van der Waals surface area contributed by atoms with Crippen molar-refractivity contribution in [2.45, 2.75) is 52.6 Å². The molecular weight excluding hydrogens is 594 g/mol. The number of hydrogen-bond donors (Lipinski definition) is 2. The average molecular weight is 647 g/mol. The summed E-state index contributed by atoms with van der Waals surface area (Å²) in [6, 6.07) is 45.5. The van der Waals surface area contributed by atoms with Crippen LogP contribution in [0.25, 0.3) is 0 Å². The fraction of sp³-hybridized carbons (Fsp3) is 0.333. The summed E-state index contributed by atoms with van der Waals surface area (Å²) in [5.74, 6) is 1.10. The molecule has 0 bridgehead atoms. The number of nitrogens with one attached hydrogen (secondary N) is 2. The van der Waals surface area contributed by atoms with Crippen LogP contribution in [0.15, 0.2) is 145 Å². The molecule has 2 atom stereocenters. The van der Waals surface area contributed by atoms with Crippen molar-refractivity contribution in [2.24, 2.45) is 11.8 Å². The summed E-state index contributed by atoms with van der Waals surface area (Å²) in [5.41, 5.74) is 3.05. The van der Waals surface area contributed by atoms with Gasteiger partial charge in [-0.05, 0) is 79.6 Å². The first-order valence-electron chi connectivity index (χ1n) is 17.1. The van der Waals surface area contributed by atoms with Crippen LogP contribution in [0.3, 0.4) is 0 Å². The molecule has 4 aromatic rings. The minimum Gasteiger partial charge on any atom is -0.310 e. The van der Waals surface area contributed by atoms with Gasteiger partial charge >= 0.3 is 0 Å². The fourth-order valence-electron chi connectivity index (χ4n) is 6.21. The number of benzene rings is 4. The second-order valence-corrected chi connectivity index (χ2v) is 17.6. The standard InChI is InChI=1S/C42H52N2P2/c1-33(2)41(31-45(37-21-9-5-10-22-37)38-23-11-6-12-24-38)43-29-35-19-17-18-20-36(35)30-44-42(34(3)4)32-46(39-25-13-7-14-26-39)40-27-15-8-16-28-40/h5-17,19,21-28,33-34,41-44H,18,20,29-32H2,1-4H3/t41-,42-/m1/s1. The molecule has 2 nitrogen and oxygen atoms in total. The number of hydrogen-bond acceptors (Lipinski definition) is 2. The molecular formula is C42H52N2P2. The zero-order valence-electron chi connectivity index (χ0n) is 28.1. The Morgan fingerprint density at radius 1 is 0.522 bits per heavy atom. The van der Waals surface area contributed by atoms with Crippen LogP contribution in [-0.4, -0.2) is 37.5 Å². The molecule has 240 valence electrons. The molecule has 4 aromatic carbocycles. The van der Waals surface area contributed by atoms with Crippen molar-refractivity contribution in [2.75, 3.05) is 25.4 Å². The van der Waals surface area contributed by atoms with Gasteiger partial charge in [-0.15, -0.1) is 0 Å². The molecule has 0 saturated heterocycles. The summed E-state index contributed by atoms with van der Waals surface area (Å²) in [6.07, 6.45) is 9.33. The van der Waals surface area contributed by atoms with Crippen LogP contribution in [0.2, 0.25) is 0 Å². The maximum absolute atomic E-state index is 4.07. The van der Waals surface area contributed by atoms with Crippen LogP contribution in [0.5, 0.6) is 0 Å². The molecule has 1 aliphatic rings. The van der Waals surface area contributed by atoms with E-state index in [9.17, 15) is 0 Å². The van der Waals surface area contributed by atoms with Gasteiger partial charge in [0.15, 0.2) is 0 Å². The summed E-state index contributed by atoms with van der Waals surface area (Å²) in [6.45, 7) is 11.4. The van der Waals surface area contributed by atoms with Gasteiger partial charge in [-0.25, -0.2) is 0 Å². The van der Waals surface area contributed by atoms with E-state index in [4.69, 9.17) is 0 Å². The first-order chi connectivity index (χ1) is 22.5. The lowest BCUT2D eigenvalue weighted by Gasteiger charge is -2.31. The van der Waals surface area contributed by atoms with Crippen molar-refractivity contribution in [3.8, 4) is 0 Å². The number of allylic oxidation sites excluding steroid dienone is 1. The van der Waals surface area contributed by atoms with Crippen molar-refractivity contribution in [3.05, 3.63) is 145 Å². The highest BCUT2D eigenvalue weighted by molar-refractivity contribution is 7.73. The molecule has 46 heavy (non-hydrogen) atoms. The molecule has 0 aromatic heterocycles. The molecule has 5 rings (SSSR count). The lowest BCUT2D eigenvalue weighted by atomic mass is 9.96. The van der Waals surface area contributed by atoms with E-state index >= 15 is 0 Å². The van der Waals surface area contributed by atoms with Gasteiger partial charge in [-0.2, -0.15) is 0 Å². The third kappa shape index (κ3) is 9.82. The Bertz CT molecular complexity index is 1420. The van der Waals surface area contributed by atoms with Gasteiger partial charge in [0.05, 0.1) is 0 Å². The fourth-order valence-corrected chi connectivity index (χ4v) is 11.7.